The zero-order valence-electron chi connectivity index (χ0n) is 9.68. The van der Waals surface area contributed by atoms with Gasteiger partial charge < -0.3 is 30.6 Å². The highest BCUT2D eigenvalue weighted by Gasteiger charge is 2.01. The molecule has 0 radical (unpaired) electrons. The van der Waals surface area contributed by atoms with Gasteiger partial charge in [0.15, 0.2) is 0 Å². The number of carbonyl (C=O) groups is 4. The molecule has 0 saturated heterocycles. The number of carboxylic acid groups (broad SMARTS) is 4. The maximum atomic E-state index is 9.45. The van der Waals surface area contributed by atoms with E-state index in [0.717, 1.165) is 6.92 Å². The van der Waals surface area contributed by atoms with Crippen molar-refractivity contribution in [2.45, 2.75) is 20.0 Å². The van der Waals surface area contributed by atoms with Crippen molar-refractivity contribution >= 4 is 24.4 Å². The quantitative estimate of drug-likeness (QED) is 0.316. The van der Waals surface area contributed by atoms with Gasteiger partial charge >= 0.3 is 11.9 Å². The van der Waals surface area contributed by atoms with Gasteiger partial charge in [-0.25, -0.2) is 9.59 Å². The Kier molecular flexibility index (Phi) is 28.0. The van der Waals surface area contributed by atoms with Crippen molar-refractivity contribution in [2.24, 2.45) is 0 Å². The Hall–Kier alpha value is -2.20. The molecule has 0 saturated carbocycles. The topological polar surface area (TPSA) is 190 Å². The third-order valence-corrected chi connectivity index (χ3v) is 0.493. The average molecular weight is 272 g/mol. The molecule has 0 amide bonds. The van der Waals surface area contributed by atoms with Crippen LogP contribution in [0.2, 0.25) is 0 Å². The highest BCUT2D eigenvalue weighted by molar-refractivity contribution is 5.71. The number of hydrogen-bond donors (Lipinski definition) is 6. The lowest BCUT2D eigenvalue weighted by molar-refractivity contribution is -0.145. The van der Waals surface area contributed by atoms with Gasteiger partial charge in [0.25, 0.3) is 12.4 Å². The summed E-state index contributed by atoms with van der Waals surface area (Å²) in [6, 6.07) is 0. The fourth-order valence-corrected chi connectivity index (χ4v) is 0. The van der Waals surface area contributed by atoms with Crippen molar-refractivity contribution in [3.8, 4) is 0 Å². The second-order valence-corrected chi connectivity index (χ2v) is 2.19. The van der Waals surface area contributed by atoms with E-state index in [1.807, 2.05) is 0 Å². The van der Waals surface area contributed by atoms with E-state index in [1.165, 1.54) is 6.92 Å². The van der Waals surface area contributed by atoms with Crippen molar-refractivity contribution in [2.75, 3.05) is 6.61 Å². The second kappa shape index (κ2) is 20.2. The molecule has 1 unspecified atom stereocenters. The Morgan fingerprint density at radius 2 is 1.28 bits per heavy atom. The molecule has 0 fully saturated rings. The van der Waals surface area contributed by atoms with Crippen LogP contribution in [0, 0.1) is 0 Å². The third kappa shape index (κ3) is 157. The van der Waals surface area contributed by atoms with E-state index in [4.69, 9.17) is 45.0 Å². The van der Waals surface area contributed by atoms with Crippen LogP contribution in [-0.2, 0) is 19.2 Å². The monoisotopic (exact) mass is 272 g/mol. The molecule has 0 heterocycles. The zero-order chi connectivity index (χ0) is 15.7. The van der Waals surface area contributed by atoms with Crippen LogP contribution in [0.25, 0.3) is 0 Å². The standard InChI is InChI=1S/C3H6O3.C2H4O3.C2H4O2.CH2O2/c1-2(4)3(5)6;3-1-2(4)5;1-2(3)4;2-1-3/h2,4H,1H3,(H,5,6);3H,1H2,(H,4,5);1H3,(H,3,4);1H,(H,2,3). The van der Waals surface area contributed by atoms with Gasteiger partial charge in [0, 0.05) is 6.92 Å². The van der Waals surface area contributed by atoms with Gasteiger partial charge in [-0.15, -0.1) is 0 Å². The van der Waals surface area contributed by atoms with E-state index in [2.05, 4.69) is 0 Å². The normalized spacial score (nSPS) is 8.67. The first kappa shape index (κ1) is 24.9. The predicted molar refractivity (Wildman–Crippen MR) is 56.0 cm³/mol. The summed E-state index contributed by atoms with van der Waals surface area (Å²) in [4.78, 5) is 35.9. The molecule has 0 aromatic rings. The van der Waals surface area contributed by atoms with E-state index in [0.29, 0.717) is 0 Å². The molecule has 18 heavy (non-hydrogen) atoms. The van der Waals surface area contributed by atoms with Crippen molar-refractivity contribution in [3.63, 3.8) is 0 Å². The number of rotatable bonds is 2. The van der Waals surface area contributed by atoms with Crippen LogP contribution >= 0.6 is 0 Å². The molecule has 0 aromatic carbocycles. The summed E-state index contributed by atoms with van der Waals surface area (Å²) in [6.45, 7) is 1.25. The summed E-state index contributed by atoms with van der Waals surface area (Å²) in [5, 5.41) is 45.1. The maximum absolute atomic E-state index is 9.45. The van der Waals surface area contributed by atoms with Gasteiger partial charge in [0.05, 0.1) is 0 Å². The van der Waals surface area contributed by atoms with E-state index < -0.39 is 30.6 Å². The van der Waals surface area contributed by atoms with E-state index in [1.54, 1.807) is 0 Å². The van der Waals surface area contributed by atoms with Gasteiger partial charge in [-0.05, 0) is 6.92 Å². The fourth-order valence-electron chi connectivity index (χ4n) is 0. The Morgan fingerprint density at radius 3 is 1.28 bits per heavy atom. The highest BCUT2D eigenvalue weighted by atomic mass is 16.4. The Bertz CT molecular complexity index is 230. The number of aliphatic carboxylic acids is 3. The van der Waals surface area contributed by atoms with Crippen LogP contribution in [0.15, 0.2) is 0 Å². The van der Waals surface area contributed by atoms with Crippen LogP contribution in [0.1, 0.15) is 13.8 Å². The van der Waals surface area contributed by atoms with E-state index in [-0.39, 0.29) is 6.47 Å². The number of hydrogen-bond acceptors (Lipinski definition) is 6. The number of carboxylic acids is 3. The lowest BCUT2D eigenvalue weighted by atomic mass is 10.4. The van der Waals surface area contributed by atoms with E-state index >= 15 is 0 Å². The largest absolute Gasteiger partial charge is 0.483 e. The molecular formula is C8H16O10. The molecule has 0 bridgehead atoms. The smallest absolute Gasteiger partial charge is 0.332 e. The zero-order valence-corrected chi connectivity index (χ0v) is 9.68. The second-order valence-electron chi connectivity index (χ2n) is 2.19. The first-order chi connectivity index (χ1) is 8.06. The minimum absolute atomic E-state index is 0.250. The molecule has 108 valence electrons. The van der Waals surface area contributed by atoms with Crippen molar-refractivity contribution in [1.82, 2.24) is 0 Å². The van der Waals surface area contributed by atoms with Gasteiger partial charge in [0.2, 0.25) is 0 Å². The molecule has 0 aliphatic heterocycles. The molecule has 0 aromatic heterocycles. The Morgan fingerprint density at radius 1 is 1.17 bits per heavy atom. The van der Waals surface area contributed by atoms with Crippen molar-refractivity contribution in [1.29, 1.82) is 0 Å². The molecule has 6 N–H and O–H groups in total. The molecule has 0 aliphatic carbocycles. The molecule has 0 rings (SSSR count). The first-order valence-electron chi connectivity index (χ1n) is 4.07. The molecule has 1 atom stereocenters. The summed E-state index contributed by atoms with van der Waals surface area (Å²) in [6.07, 6.45) is -1.23. The summed E-state index contributed by atoms with van der Waals surface area (Å²) in [7, 11) is 0. The average Bonchev–Trinajstić information content (AvgIpc) is 2.18. The predicted octanol–water partition coefficient (Wildman–Crippen LogP) is -1.69. The van der Waals surface area contributed by atoms with Gasteiger partial charge in [-0.1, -0.05) is 0 Å². The summed E-state index contributed by atoms with van der Waals surface area (Å²) in [5.41, 5.74) is 0. The first-order valence-corrected chi connectivity index (χ1v) is 4.07. The third-order valence-electron chi connectivity index (χ3n) is 0.493. The summed E-state index contributed by atoms with van der Waals surface area (Å²) >= 11 is 0. The summed E-state index contributed by atoms with van der Waals surface area (Å²) in [5.74, 6) is -3.21. The van der Waals surface area contributed by atoms with Gasteiger partial charge in [0.1, 0.15) is 12.7 Å². The minimum atomic E-state index is -1.23. The van der Waals surface area contributed by atoms with Crippen LogP contribution < -0.4 is 0 Å². The van der Waals surface area contributed by atoms with Crippen LogP contribution in [0.3, 0.4) is 0 Å². The molecule has 10 heteroatoms. The Balaban J connectivity index is -0.0000000750. The maximum Gasteiger partial charge on any atom is 0.332 e. The molecule has 10 nitrogen and oxygen atoms in total. The summed E-state index contributed by atoms with van der Waals surface area (Å²) < 4.78 is 0. The Labute approximate surface area is 102 Å². The van der Waals surface area contributed by atoms with Crippen molar-refractivity contribution in [3.05, 3.63) is 0 Å². The van der Waals surface area contributed by atoms with Crippen LogP contribution in [0.4, 0.5) is 0 Å². The molecular weight excluding hydrogens is 256 g/mol. The van der Waals surface area contributed by atoms with Crippen LogP contribution in [-0.4, -0.2) is 67.7 Å². The van der Waals surface area contributed by atoms with Crippen LogP contribution in [0.5, 0.6) is 0 Å². The minimum Gasteiger partial charge on any atom is -0.483 e. The number of aliphatic hydroxyl groups excluding tert-OH is 2. The number of aliphatic hydroxyl groups is 2. The SMILES string of the molecule is CC(=O)O.CC(O)C(=O)O.O=C(O)CO.O=CO. The highest BCUT2D eigenvalue weighted by Crippen LogP contribution is 1.73. The lowest BCUT2D eigenvalue weighted by Crippen LogP contribution is -2.13. The van der Waals surface area contributed by atoms with Gasteiger partial charge in [-0.2, -0.15) is 0 Å². The fraction of sp³-hybridized carbons (Fsp3) is 0.500. The van der Waals surface area contributed by atoms with Crippen molar-refractivity contribution < 1.29 is 49.8 Å². The lowest BCUT2D eigenvalue weighted by Gasteiger charge is -1.89. The molecule has 0 aliphatic rings. The van der Waals surface area contributed by atoms with Gasteiger partial charge in [-0.3, -0.25) is 9.59 Å². The molecule has 0 spiro atoms. The van der Waals surface area contributed by atoms with E-state index in [9.17, 15) is 4.79 Å².